The highest BCUT2D eigenvalue weighted by Crippen LogP contribution is 2.24. The van der Waals surface area contributed by atoms with E-state index in [4.69, 9.17) is 17.3 Å². The van der Waals surface area contributed by atoms with Crippen LogP contribution in [0.5, 0.6) is 0 Å². The molecule has 2 rings (SSSR count). The summed E-state index contributed by atoms with van der Waals surface area (Å²) < 4.78 is 27.1. The summed E-state index contributed by atoms with van der Waals surface area (Å²) in [6.07, 6.45) is 3.04. The van der Waals surface area contributed by atoms with E-state index in [0.29, 0.717) is 21.8 Å². The predicted octanol–water partition coefficient (Wildman–Crippen LogP) is 1.31. The maximum atomic E-state index is 12.3. The molecule has 0 spiro atoms. The van der Waals surface area contributed by atoms with Gasteiger partial charge in [0, 0.05) is 23.5 Å². The van der Waals surface area contributed by atoms with Gasteiger partial charge in [0.1, 0.15) is 0 Å². The van der Waals surface area contributed by atoms with Crippen molar-refractivity contribution in [1.82, 2.24) is 14.7 Å². The molecule has 8 heteroatoms. The molecule has 20 heavy (non-hydrogen) atoms. The van der Waals surface area contributed by atoms with Crippen molar-refractivity contribution < 1.29 is 8.42 Å². The van der Waals surface area contributed by atoms with Crippen LogP contribution < -0.4 is 10.5 Å². The van der Waals surface area contributed by atoms with Gasteiger partial charge >= 0.3 is 0 Å². The number of nitrogens with two attached hydrogens (primary N) is 1. The maximum absolute atomic E-state index is 12.3. The summed E-state index contributed by atoms with van der Waals surface area (Å²) in [6, 6.07) is 3.09. The van der Waals surface area contributed by atoms with Crippen LogP contribution in [0.2, 0.25) is 5.02 Å². The van der Waals surface area contributed by atoms with Crippen molar-refractivity contribution in [2.24, 2.45) is 5.73 Å². The predicted molar refractivity (Wildman–Crippen MR) is 76.7 cm³/mol. The van der Waals surface area contributed by atoms with E-state index in [0.717, 1.165) is 0 Å². The summed E-state index contributed by atoms with van der Waals surface area (Å²) in [4.78, 5) is 6.80. The Morgan fingerprint density at radius 3 is 2.80 bits per heavy atom. The van der Waals surface area contributed by atoms with Crippen LogP contribution >= 0.6 is 11.6 Å². The fourth-order valence-electron chi connectivity index (χ4n) is 1.83. The maximum Gasteiger partial charge on any atom is 0.241 e. The van der Waals surface area contributed by atoms with Crippen molar-refractivity contribution in [2.45, 2.75) is 24.9 Å². The van der Waals surface area contributed by atoms with Gasteiger partial charge in [-0.1, -0.05) is 11.6 Å². The Kier molecular flexibility index (Phi) is 4.44. The highest BCUT2D eigenvalue weighted by molar-refractivity contribution is 7.89. The quantitative estimate of drug-likeness (QED) is 0.774. The average Bonchev–Trinajstić information content (AvgIpc) is 2.92. The van der Waals surface area contributed by atoms with Gasteiger partial charge in [-0.2, -0.15) is 0 Å². The Balaban J connectivity index is 2.31. The molecule has 6 nitrogen and oxygen atoms in total. The zero-order chi connectivity index (χ0) is 14.8. The van der Waals surface area contributed by atoms with Crippen molar-refractivity contribution in [1.29, 1.82) is 0 Å². The van der Waals surface area contributed by atoms with E-state index in [1.54, 1.807) is 19.2 Å². The Morgan fingerprint density at radius 2 is 2.20 bits per heavy atom. The number of aromatic amines is 1. The van der Waals surface area contributed by atoms with Crippen LogP contribution in [0.15, 0.2) is 29.6 Å². The molecule has 2 aromatic rings. The SMILES string of the molecule is Cc1c(CN)cc(Cl)cc1S(=O)(=O)NCc1cnc[nH]1. The topological polar surface area (TPSA) is 101 Å². The van der Waals surface area contributed by atoms with Crippen LogP contribution in [-0.4, -0.2) is 18.4 Å². The minimum absolute atomic E-state index is 0.131. The van der Waals surface area contributed by atoms with Crippen LogP contribution in [0.1, 0.15) is 16.8 Å². The number of hydrogen-bond acceptors (Lipinski definition) is 4. The van der Waals surface area contributed by atoms with E-state index in [2.05, 4.69) is 14.7 Å². The Bertz CT molecular complexity index is 698. The van der Waals surface area contributed by atoms with Gasteiger partial charge < -0.3 is 10.7 Å². The summed E-state index contributed by atoms with van der Waals surface area (Å²) in [5.41, 5.74) is 7.58. The van der Waals surface area contributed by atoms with Gasteiger partial charge in [-0.05, 0) is 30.2 Å². The number of hydrogen-bond donors (Lipinski definition) is 3. The van der Waals surface area contributed by atoms with Crippen LogP contribution in [0.3, 0.4) is 0 Å². The van der Waals surface area contributed by atoms with E-state index in [-0.39, 0.29) is 18.0 Å². The standard InChI is InChI=1S/C12H15ClN4O2S/c1-8-9(4-14)2-10(13)3-12(8)20(18,19)17-6-11-5-15-7-16-11/h2-3,5,7,17H,4,6,14H2,1H3,(H,15,16). The average molecular weight is 315 g/mol. The second-order valence-corrected chi connectivity index (χ2v) is 6.47. The molecule has 1 aromatic heterocycles. The van der Waals surface area contributed by atoms with Crippen molar-refractivity contribution >= 4 is 21.6 Å². The van der Waals surface area contributed by atoms with Crippen molar-refractivity contribution in [3.05, 3.63) is 46.5 Å². The van der Waals surface area contributed by atoms with Gasteiger partial charge in [0.2, 0.25) is 10.0 Å². The van der Waals surface area contributed by atoms with Crippen LogP contribution in [0.25, 0.3) is 0 Å². The summed E-state index contributed by atoms with van der Waals surface area (Å²) in [7, 11) is -3.66. The van der Waals surface area contributed by atoms with Crippen LogP contribution in [0.4, 0.5) is 0 Å². The summed E-state index contributed by atoms with van der Waals surface area (Å²) >= 11 is 5.94. The first-order chi connectivity index (χ1) is 9.44. The molecule has 0 saturated heterocycles. The summed E-state index contributed by atoms with van der Waals surface area (Å²) in [6.45, 7) is 2.07. The molecule has 0 bridgehead atoms. The minimum Gasteiger partial charge on any atom is -0.347 e. The number of benzene rings is 1. The van der Waals surface area contributed by atoms with Gasteiger partial charge in [0.15, 0.2) is 0 Å². The molecule has 0 aliphatic carbocycles. The molecule has 0 fully saturated rings. The number of nitrogens with zero attached hydrogens (tertiary/aromatic N) is 1. The molecule has 108 valence electrons. The van der Waals surface area contributed by atoms with Crippen molar-refractivity contribution in [3.8, 4) is 0 Å². The van der Waals surface area contributed by atoms with Crippen LogP contribution in [-0.2, 0) is 23.1 Å². The number of imidazole rings is 1. The molecule has 0 aliphatic rings. The smallest absolute Gasteiger partial charge is 0.241 e. The fraction of sp³-hybridized carbons (Fsp3) is 0.250. The van der Waals surface area contributed by atoms with E-state index < -0.39 is 10.0 Å². The first-order valence-electron chi connectivity index (χ1n) is 5.90. The first-order valence-corrected chi connectivity index (χ1v) is 7.76. The third-order valence-corrected chi connectivity index (χ3v) is 4.69. The Morgan fingerprint density at radius 1 is 1.45 bits per heavy atom. The van der Waals surface area contributed by atoms with E-state index in [1.165, 1.54) is 12.4 Å². The Hall–Kier alpha value is -1.41. The number of halogens is 1. The summed E-state index contributed by atoms with van der Waals surface area (Å²) in [5, 5.41) is 0.345. The number of H-pyrrole nitrogens is 1. The number of rotatable bonds is 5. The molecule has 4 N–H and O–H groups in total. The highest BCUT2D eigenvalue weighted by Gasteiger charge is 2.19. The molecule has 1 heterocycles. The molecule has 1 aromatic carbocycles. The van der Waals surface area contributed by atoms with E-state index in [9.17, 15) is 8.42 Å². The van der Waals surface area contributed by atoms with Gasteiger partial charge in [-0.3, -0.25) is 0 Å². The zero-order valence-corrected chi connectivity index (χ0v) is 12.4. The van der Waals surface area contributed by atoms with Gasteiger partial charge in [0.25, 0.3) is 0 Å². The number of sulfonamides is 1. The molecule has 0 saturated carbocycles. The monoisotopic (exact) mass is 314 g/mol. The second-order valence-electron chi connectivity index (χ2n) is 4.29. The van der Waals surface area contributed by atoms with Gasteiger partial charge in [-0.25, -0.2) is 18.1 Å². The minimum atomic E-state index is -3.66. The molecular formula is C12H15ClN4O2S. The third-order valence-electron chi connectivity index (χ3n) is 2.95. The Labute approximate surface area is 122 Å². The fourth-order valence-corrected chi connectivity index (χ4v) is 3.45. The summed E-state index contributed by atoms with van der Waals surface area (Å²) in [5.74, 6) is 0. The molecule has 0 atom stereocenters. The normalized spacial score (nSPS) is 11.8. The lowest BCUT2D eigenvalue weighted by atomic mass is 10.1. The van der Waals surface area contributed by atoms with Crippen LogP contribution in [0, 0.1) is 6.92 Å². The largest absolute Gasteiger partial charge is 0.347 e. The zero-order valence-electron chi connectivity index (χ0n) is 10.9. The lowest BCUT2D eigenvalue weighted by Gasteiger charge is -2.12. The number of aromatic nitrogens is 2. The first kappa shape index (κ1) is 15.0. The lowest BCUT2D eigenvalue weighted by molar-refractivity contribution is 0.579. The van der Waals surface area contributed by atoms with Crippen molar-refractivity contribution in [3.63, 3.8) is 0 Å². The third kappa shape index (κ3) is 3.18. The molecule has 0 unspecified atom stereocenters. The number of nitrogens with one attached hydrogen (secondary N) is 2. The van der Waals surface area contributed by atoms with Crippen molar-refractivity contribution in [2.75, 3.05) is 0 Å². The lowest BCUT2D eigenvalue weighted by Crippen LogP contribution is -2.24. The molecule has 0 amide bonds. The van der Waals surface area contributed by atoms with Gasteiger partial charge in [-0.15, -0.1) is 0 Å². The highest BCUT2D eigenvalue weighted by atomic mass is 35.5. The van der Waals surface area contributed by atoms with E-state index in [1.807, 2.05) is 0 Å². The molecular weight excluding hydrogens is 300 g/mol. The second kappa shape index (κ2) is 5.92. The van der Waals surface area contributed by atoms with E-state index >= 15 is 0 Å². The molecule has 0 radical (unpaired) electrons. The molecule has 0 aliphatic heterocycles. The van der Waals surface area contributed by atoms with Gasteiger partial charge in [0.05, 0.1) is 17.8 Å².